The molecule has 5 heteroatoms. The first-order valence-electron chi connectivity index (χ1n) is 4.52. The van der Waals surface area contributed by atoms with Crippen molar-refractivity contribution in [1.29, 1.82) is 0 Å². The van der Waals surface area contributed by atoms with E-state index < -0.39 is 11.9 Å². The average Bonchev–Trinajstić information content (AvgIpc) is 2.53. The van der Waals surface area contributed by atoms with Gasteiger partial charge in [-0.15, -0.1) is 0 Å². The number of carboxylic acids is 1. The van der Waals surface area contributed by atoms with Crippen molar-refractivity contribution >= 4 is 5.97 Å². The van der Waals surface area contributed by atoms with Gasteiger partial charge >= 0.3 is 5.97 Å². The number of nitrogens with zero attached hydrogens (tertiary/aromatic N) is 2. The summed E-state index contributed by atoms with van der Waals surface area (Å²) in [6.45, 7) is 4.04. The Morgan fingerprint density at radius 1 is 1.71 bits per heavy atom. The smallest absolute Gasteiger partial charge is 0.313 e. The summed E-state index contributed by atoms with van der Waals surface area (Å²) in [5.41, 5.74) is 6.07. The number of carbonyl (C=O) groups is 1. The molecule has 0 amide bonds. The summed E-state index contributed by atoms with van der Waals surface area (Å²) in [7, 11) is 0. The lowest BCUT2D eigenvalue weighted by Crippen LogP contribution is -2.24. The minimum absolute atomic E-state index is 0.0910. The zero-order valence-corrected chi connectivity index (χ0v) is 8.34. The van der Waals surface area contributed by atoms with Gasteiger partial charge in [0.15, 0.2) is 0 Å². The first kappa shape index (κ1) is 10.7. The van der Waals surface area contributed by atoms with Crippen LogP contribution in [0.1, 0.15) is 31.5 Å². The minimum Gasteiger partial charge on any atom is -0.481 e. The van der Waals surface area contributed by atoms with E-state index in [2.05, 4.69) is 4.98 Å². The Balaban J connectivity index is 3.03. The summed E-state index contributed by atoms with van der Waals surface area (Å²) < 4.78 is 1.83. The number of imidazole rings is 1. The maximum Gasteiger partial charge on any atom is 0.313 e. The second-order valence-corrected chi connectivity index (χ2v) is 3.45. The molecule has 0 aliphatic rings. The molecule has 0 saturated heterocycles. The molecular weight excluding hydrogens is 182 g/mol. The zero-order valence-electron chi connectivity index (χ0n) is 8.34. The fourth-order valence-corrected chi connectivity index (χ4v) is 1.36. The number of hydrogen-bond donors (Lipinski definition) is 2. The summed E-state index contributed by atoms with van der Waals surface area (Å²) in [6.07, 6.45) is 3.19. The van der Waals surface area contributed by atoms with E-state index in [1.807, 2.05) is 18.4 Å². The van der Waals surface area contributed by atoms with Crippen LogP contribution in [0.5, 0.6) is 0 Å². The molecule has 1 aromatic heterocycles. The molecule has 0 radical (unpaired) electrons. The van der Waals surface area contributed by atoms with Gasteiger partial charge in [0.25, 0.3) is 0 Å². The van der Waals surface area contributed by atoms with Crippen molar-refractivity contribution in [3.63, 3.8) is 0 Å². The van der Waals surface area contributed by atoms with Crippen LogP contribution in [0.3, 0.4) is 0 Å². The monoisotopic (exact) mass is 197 g/mol. The number of carboxylic acid groups (broad SMARTS) is 1. The second kappa shape index (κ2) is 4.23. The van der Waals surface area contributed by atoms with Gasteiger partial charge in [0.2, 0.25) is 0 Å². The quantitative estimate of drug-likeness (QED) is 0.740. The Morgan fingerprint density at radius 3 is 2.79 bits per heavy atom. The molecule has 0 aliphatic heterocycles. The average molecular weight is 197 g/mol. The van der Waals surface area contributed by atoms with Crippen molar-refractivity contribution in [1.82, 2.24) is 9.55 Å². The van der Waals surface area contributed by atoms with Gasteiger partial charge in [0.05, 0.1) is 12.0 Å². The summed E-state index contributed by atoms with van der Waals surface area (Å²) in [5, 5.41) is 8.93. The largest absolute Gasteiger partial charge is 0.481 e. The van der Waals surface area contributed by atoms with E-state index in [0.29, 0.717) is 5.69 Å². The van der Waals surface area contributed by atoms with Crippen LogP contribution in [0.2, 0.25) is 0 Å². The molecule has 0 aromatic carbocycles. The number of hydrogen-bond acceptors (Lipinski definition) is 3. The van der Waals surface area contributed by atoms with Crippen molar-refractivity contribution in [3.05, 3.63) is 18.2 Å². The highest BCUT2D eigenvalue weighted by Crippen LogP contribution is 2.18. The van der Waals surface area contributed by atoms with Crippen LogP contribution < -0.4 is 5.73 Å². The molecule has 1 rings (SSSR count). The summed E-state index contributed by atoms with van der Waals surface area (Å²) in [5.74, 6) is -1.57. The molecule has 3 N–H and O–H groups in total. The van der Waals surface area contributed by atoms with E-state index in [9.17, 15) is 4.79 Å². The van der Waals surface area contributed by atoms with Gasteiger partial charge in [0.1, 0.15) is 5.92 Å². The second-order valence-electron chi connectivity index (χ2n) is 3.45. The Labute approximate surface area is 82.6 Å². The number of rotatable bonds is 4. The van der Waals surface area contributed by atoms with E-state index in [1.165, 1.54) is 0 Å². The molecule has 0 bridgehead atoms. The first-order valence-corrected chi connectivity index (χ1v) is 4.52. The third kappa shape index (κ3) is 1.93. The van der Waals surface area contributed by atoms with Crippen molar-refractivity contribution < 1.29 is 9.90 Å². The number of aromatic nitrogens is 2. The van der Waals surface area contributed by atoms with Crippen LogP contribution in [0.25, 0.3) is 0 Å². The van der Waals surface area contributed by atoms with Crippen LogP contribution >= 0.6 is 0 Å². The molecule has 14 heavy (non-hydrogen) atoms. The lowest BCUT2D eigenvalue weighted by Gasteiger charge is -2.15. The van der Waals surface area contributed by atoms with Gasteiger partial charge in [-0.05, 0) is 13.8 Å². The van der Waals surface area contributed by atoms with E-state index in [0.717, 1.165) is 0 Å². The Morgan fingerprint density at radius 2 is 2.36 bits per heavy atom. The molecule has 5 nitrogen and oxygen atoms in total. The molecule has 0 fully saturated rings. The fourth-order valence-electron chi connectivity index (χ4n) is 1.36. The van der Waals surface area contributed by atoms with E-state index >= 15 is 0 Å². The van der Waals surface area contributed by atoms with Crippen molar-refractivity contribution in [2.24, 2.45) is 5.73 Å². The van der Waals surface area contributed by atoms with Crippen molar-refractivity contribution in [3.8, 4) is 0 Å². The van der Waals surface area contributed by atoms with Gasteiger partial charge in [0, 0.05) is 18.8 Å². The molecule has 0 saturated carbocycles. The molecule has 0 spiro atoms. The van der Waals surface area contributed by atoms with Gasteiger partial charge in [-0.3, -0.25) is 4.79 Å². The van der Waals surface area contributed by atoms with Crippen LogP contribution in [0, 0.1) is 0 Å². The highest BCUT2D eigenvalue weighted by atomic mass is 16.4. The maximum atomic E-state index is 10.9. The molecule has 1 atom stereocenters. The SMILES string of the molecule is CC(C)n1cncc1C(CN)C(=O)O. The molecule has 1 heterocycles. The zero-order chi connectivity index (χ0) is 10.7. The third-order valence-electron chi connectivity index (χ3n) is 2.14. The Hall–Kier alpha value is -1.36. The molecule has 1 unspecified atom stereocenters. The van der Waals surface area contributed by atoms with Crippen molar-refractivity contribution in [2.75, 3.05) is 6.54 Å². The minimum atomic E-state index is -0.908. The summed E-state index contributed by atoms with van der Waals surface area (Å²) >= 11 is 0. The van der Waals surface area contributed by atoms with E-state index in [1.54, 1.807) is 12.5 Å². The highest BCUT2D eigenvalue weighted by Gasteiger charge is 2.22. The highest BCUT2D eigenvalue weighted by molar-refractivity contribution is 5.75. The predicted octanol–water partition coefficient (Wildman–Crippen LogP) is 0.591. The van der Waals surface area contributed by atoms with E-state index in [-0.39, 0.29) is 12.6 Å². The fraction of sp³-hybridized carbons (Fsp3) is 0.556. The van der Waals surface area contributed by atoms with Crippen LogP contribution in [-0.2, 0) is 4.79 Å². The maximum absolute atomic E-state index is 10.9. The van der Waals surface area contributed by atoms with Crippen molar-refractivity contribution in [2.45, 2.75) is 25.8 Å². The number of nitrogens with two attached hydrogens (primary N) is 1. The first-order chi connectivity index (χ1) is 6.57. The standard InChI is InChI=1S/C9H15N3O2/c1-6(2)12-5-11-4-8(12)7(3-10)9(13)14/h4-7H,3,10H2,1-2H3,(H,13,14). The van der Waals surface area contributed by atoms with Crippen LogP contribution in [0.4, 0.5) is 0 Å². The topological polar surface area (TPSA) is 81.1 Å². The van der Waals surface area contributed by atoms with Gasteiger partial charge in [-0.1, -0.05) is 0 Å². The van der Waals surface area contributed by atoms with E-state index in [4.69, 9.17) is 10.8 Å². The normalized spacial score (nSPS) is 13.1. The lowest BCUT2D eigenvalue weighted by molar-refractivity contribution is -0.138. The summed E-state index contributed by atoms with van der Waals surface area (Å²) in [4.78, 5) is 14.8. The van der Waals surface area contributed by atoms with Gasteiger partial charge in [-0.2, -0.15) is 0 Å². The summed E-state index contributed by atoms with van der Waals surface area (Å²) in [6, 6.07) is 0.195. The predicted molar refractivity (Wildman–Crippen MR) is 52.0 cm³/mol. The Kier molecular flexibility index (Phi) is 3.24. The molecular formula is C9H15N3O2. The lowest BCUT2D eigenvalue weighted by atomic mass is 10.1. The number of aliphatic carboxylic acids is 1. The van der Waals surface area contributed by atoms with Crippen LogP contribution in [-0.4, -0.2) is 27.2 Å². The van der Waals surface area contributed by atoms with Crippen LogP contribution in [0.15, 0.2) is 12.5 Å². The molecule has 78 valence electrons. The third-order valence-corrected chi connectivity index (χ3v) is 2.14. The molecule has 0 aliphatic carbocycles. The van der Waals surface area contributed by atoms with Gasteiger partial charge in [-0.25, -0.2) is 4.98 Å². The Bertz CT molecular complexity index is 320. The van der Waals surface area contributed by atoms with Gasteiger partial charge < -0.3 is 15.4 Å². The molecule has 1 aromatic rings.